The van der Waals surface area contributed by atoms with Crippen molar-refractivity contribution in [1.82, 2.24) is 0 Å². The maximum absolute atomic E-state index is 11.6. The fourth-order valence-corrected chi connectivity index (χ4v) is 2.20. The lowest BCUT2D eigenvalue weighted by Crippen LogP contribution is -2.32. The number of hydrogen-bond acceptors (Lipinski definition) is 4. The summed E-state index contributed by atoms with van der Waals surface area (Å²) in [5, 5.41) is 3.26. The summed E-state index contributed by atoms with van der Waals surface area (Å²) in [6.45, 7) is 0. The zero-order valence-electron chi connectivity index (χ0n) is 10.1. The maximum atomic E-state index is 11.6. The van der Waals surface area contributed by atoms with Gasteiger partial charge in [0.2, 0.25) is 0 Å². The standard InChI is InChI=1S/C13H17NO2S/c1-16-13(15)12(9-3-4-9)14-10-5-7-11(17-2)8-6-10/h5-9,12,14H,3-4H2,1-2H3. The highest BCUT2D eigenvalue weighted by Crippen LogP contribution is 2.35. The quantitative estimate of drug-likeness (QED) is 0.645. The number of rotatable bonds is 5. The maximum Gasteiger partial charge on any atom is 0.328 e. The number of nitrogens with one attached hydrogen (secondary N) is 1. The zero-order valence-corrected chi connectivity index (χ0v) is 10.9. The van der Waals surface area contributed by atoms with Gasteiger partial charge in [0.1, 0.15) is 6.04 Å². The van der Waals surface area contributed by atoms with Crippen LogP contribution in [0.2, 0.25) is 0 Å². The van der Waals surface area contributed by atoms with Crippen molar-refractivity contribution in [1.29, 1.82) is 0 Å². The topological polar surface area (TPSA) is 38.3 Å². The average Bonchev–Trinajstić information content (AvgIpc) is 3.20. The molecule has 0 saturated heterocycles. The molecule has 1 unspecified atom stereocenters. The summed E-state index contributed by atoms with van der Waals surface area (Å²) in [5.74, 6) is 0.268. The molecule has 1 saturated carbocycles. The highest BCUT2D eigenvalue weighted by molar-refractivity contribution is 7.98. The van der Waals surface area contributed by atoms with Crippen LogP contribution >= 0.6 is 11.8 Å². The predicted octanol–water partition coefficient (Wildman–Crippen LogP) is 2.77. The first-order chi connectivity index (χ1) is 8.24. The Morgan fingerprint density at radius 1 is 1.41 bits per heavy atom. The van der Waals surface area contributed by atoms with Crippen LogP contribution in [0.5, 0.6) is 0 Å². The Labute approximate surface area is 106 Å². The average molecular weight is 251 g/mol. The number of carbonyl (C=O) groups is 1. The molecule has 0 bridgehead atoms. The summed E-state index contributed by atoms with van der Waals surface area (Å²) in [6.07, 6.45) is 4.26. The van der Waals surface area contributed by atoms with Crippen molar-refractivity contribution in [3.8, 4) is 0 Å². The number of methoxy groups -OCH3 is 1. The van der Waals surface area contributed by atoms with Gasteiger partial charge in [-0.3, -0.25) is 0 Å². The fourth-order valence-electron chi connectivity index (χ4n) is 1.79. The first kappa shape index (κ1) is 12.3. The first-order valence-electron chi connectivity index (χ1n) is 5.73. The van der Waals surface area contributed by atoms with E-state index < -0.39 is 0 Å². The molecule has 2 rings (SSSR count). The van der Waals surface area contributed by atoms with Gasteiger partial charge in [-0.25, -0.2) is 4.79 Å². The number of esters is 1. The monoisotopic (exact) mass is 251 g/mol. The minimum absolute atomic E-state index is 0.165. The number of benzene rings is 1. The summed E-state index contributed by atoms with van der Waals surface area (Å²) in [6, 6.07) is 7.91. The molecule has 4 heteroatoms. The SMILES string of the molecule is COC(=O)C(Nc1ccc(SC)cc1)C1CC1. The first-order valence-corrected chi connectivity index (χ1v) is 6.95. The van der Waals surface area contributed by atoms with Crippen LogP contribution in [0.25, 0.3) is 0 Å². The van der Waals surface area contributed by atoms with E-state index >= 15 is 0 Å². The number of carbonyl (C=O) groups excluding carboxylic acids is 1. The number of anilines is 1. The largest absolute Gasteiger partial charge is 0.467 e. The second-order valence-corrected chi connectivity index (χ2v) is 5.09. The molecule has 1 aliphatic rings. The van der Waals surface area contributed by atoms with Gasteiger partial charge in [-0.2, -0.15) is 0 Å². The molecule has 1 aliphatic carbocycles. The molecule has 0 amide bonds. The summed E-state index contributed by atoms with van der Waals surface area (Å²) < 4.78 is 4.83. The lowest BCUT2D eigenvalue weighted by Gasteiger charge is -2.17. The highest BCUT2D eigenvalue weighted by atomic mass is 32.2. The second kappa shape index (κ2) is 5.45. The van der Waals surface area contributed by atoms with Gasteiger partial charge in [0.05, 0.1) is 7.11 Å². The molecule has 17 heavy (non-hydrogen) atoms. The van der Waals surface area contributed by atoms with E-state index in [1.165, 1.54) is 12.0 Å². The van der Waals surface area contributed by atoms with E-state index in [2.05, 4.69) is 5.32 Å². The smallest absolute Gasteiger partial charge is 0.328 e. The molecule has 3 nitrogen and oxygen atoms in total. The molecule has 92 valence electrons. The molecule has 1 fully saturated rings. The Balaban J connectivity index is 2.03. The molecule has 1 atom stereocenters. The molecule has 1 N–H and O–H groups in total. The molecule has 0 heterocycles. The van der Waals surface area contributed by atoms with Crippen LogP contribution in [0.1, 0.15) is 12.8 Å². The van der Waals surface area contributed by atoms with E-state index in [1.807, 2.05) is 30.5 Å². The van der Waals surface area contributed by atoms with Crippen LogP contribution in [-0.2, 0) is 9.53 Å². The third kappa shape index (κ3) is 3.16. The Hall–Kier alpha value is -1.16. The molecule has 1 aromatic rings. The van der Waals surface area contributed by atoms with Crippen LogP contribution in [0.15, 0.2) is 29.2 Å². The van der Waals surface area contributed by atoms with Gasteiger partial charge in [0, 0.05) is 10.6 Å². The van der Waals surface area contributed by atoms with E-state index in [9.17, 15) is 4.79 Å². The van der Waals surface area contributed by atoms with E-state index in [0.717, 1.165) is 18.5 Å². The lowest BCUT2D eigenvalue weighted by molar-refractivity contribution is -0.142. The number of hydrogen-bond donors (Lipinski definition) is 1. The van der Waals surface area contributed by atoms with E-state index in [4.69, 9.17) is 4.74 Å². The third-order valence-corrected chi connectivity index (χ3v) is 3.70. The molecule has 0 radical (unpaired) electrons. The van der Waals surface area contributed by atoms with Crippen LogP contribution in [-0.4, -0.2) is 25.4 Å². The predicted molar refractivity (Wildman–Crippen MR) is 70.4 cm³/mol. The van der Waals surface area contributed by atoms with Gasteiger partial charge < -0.3 is 10.1 Å². The van der Waals surface area contributed by atoms with Gasteiger partial charge in [0.25, 0.3) is 0 Å². The van der Waals surface area contributed by atoms with Gasteiger partial charge >= 0.3 is 5.97 Å². The number of ether oxygens (including phenoxy) is 1. The molecule has 0 aliphatic heterocycles. The molecule has 0 aromatic heterocycles. The fraction of sp³-hybridized carbons (Fsp3) is 0.462. The Morgan fingerprint density at radius 2 is 2.06 bits per heavy atom. The van der Waals surface area contributed by atoms with Gasteiger partial charge in [-0.1, -0.05) is 0 Å². The normalized spacial score (nSPS) is 16.4. The minimum Gasteiger partial charge on any atom is -0.467 e. The zero-order chi connectivity index (χ0) is 12.3. The molecular formula is C13H17NO2S. The molecule has 1 aromatic carbocycles. The summed E-state index contributed by atoms with van der Waals surface area (Å²) >= 11 is 1.71. The van der Waals surface area contributed by atoms with E-state index in [1.54, 1.807) is 11.8 Å². The minimum atomic E-state index is -0.194. The highest BCUT2D eigenvalue weighted by Gasteiger charge is 2.36. The van der Waals surface area contributed by atoms with Crippen LogP contribution in [0.4, 0.5) is 5.69 Å². The molecular weight excluding hydrogens is 234 g/mol. The Morgan fingerprint density at radius 3 is 2.53 bits per heavy atom. The Kier molecular flexibility index (Phi) is 3.94. The van der Waals surface area contributed by atoms with Gasteiger partial charge in [-0.15, -0.1) is 11.8 Å². The van der Waals surface area contributed by atoms with E-state index in [0.29, 0.717) is 5.92 Å². The lowest BCUT2D eigenvalue weighted by atomic mass is 10.1. The van der Waals surface area contributed by atoms with Crippen molar-refractivity contribution >= 4 is 23.4 Å². The third-order valence-electron chi connectivity index (χ3n) is 2.96. The van der Waals surface area contributed by atoms with E-state index in [-0.39, 0.29) is 12.0 Å². The Bertz CT molecular complexity index is 387. The number of thioether (sulfide) groups is 1. The second-order valence-electron chi connectivity index (χ2n) is 4.21. The van der Waals surface area contributed by atoms with Crippen molar-refractivity contribution in [2.24, 2.45) is 5.92 Å². The van der Waals surface area contributed by atoms with Crippen molar-refractivity contribution in [3.63, 3.8) is 0 Å². The van der Waals surface area contributed by atoms with Crippen LogP contribution < -0.4 is 5.32 Å². The molecule has 0 spiro atoms. The van der Waals surface area contributed by atoms with Crippen molar-refractivity contribution in [2.75, 3.05) is 18.7 Å². The van der Waals surface area contributed by atoms with Crippen molar-refractivity contribution < 1.29 is 9.53 Å². The van der Waals surface area contributed by atoms with Crippen LogP contribution in [0, 0.1) is 5.92 Å². The van der Waals surface area contributed by atoms with Crippen LogP contribution in [0.3, 0.4) is 0 Å². The van der Waals surface area contributed by atoms with Gasteiger partial charge in [-0.05, 0) is 49.3 Å². The summed E-state index contributed by atoms with van der Waals surface area (Å²) in [4.78, 5) is 12.9. The van der Waals surface area contributed by atoms with Crippen molar-refractivity contribution in [3.05, 3.63) is 24.3 Å². The van der Waals surface area contributed by atoms with Gasteiger partial charge in [0.15, 0.2) is 0 Å². The summed E-state index contributed by atoms with van der Waals surface area (Å²) in [7, 11) is 1.44. The van der Waals surface area contributed by atoms with Crippen molar-refractivity contribution in [2.45, 2.75) is 23.8 Å². The summed E-state index contributed by atoms with van der Waals surface area (Å²) in [5.41, 5.74) is 0.977.